The zero-order chi connectivity index (χ0) is 13.1. The van der Waals surface area contributed by atoms with Crippen LogP contribution in [0.15, 0.2) is 6.20 Å². The summed E-state index contributed by atoms with van der Waals surface area (Å²) in [4.78, 5) is 31.5. The fourth-order valence-electron chi connectivity index (χ4n) is 1.69. The Morgan fingerprint density at radius 2 is 2.39 bits per heavy atom. The number of aromatic nitrogens is 2. The number of ketones is 1. The highest BCUT2D eigenvalue weighted by Crippen LogP contribution is 2.24. The van der Waals surface area contributed by atoms with Crippen molar-refractivity contribution in [3.05, 3.63) is 11.8 Å². The van der Waals surface area contributed by atoms with Crippen LogP contribution in [0.4, 0.5) is 5.82 Å². The molecule has 0 saturated heterocycles. The van der Waals surface area contributed by atoms with Gasteiger partial charge >= 0.3 is 12.0 Å². The van der Waals surface area contributed by atoms with Crippen LogP contribution in [0.5, 0.6) is 6.01 Å². The number of anilines is 1. The Bertz CT molecular complexity index is 489. The average Bonchev–Trinajstić information content (AvgIpc) is 2.38. The minimum absolute atomic E-state index is 0.170. The molecule has 2 rings (SSSR count). The van der Waals surface area contributed by atoms with E-state index in [2.05, 4.69) is 15.3 Å². The molecule has 1 aliphatic heterocycles. The monoisotopic (exact) mass is 251 g/mol. The molecule has 0 bridgehead atoms. The third kappa shape index (κ3) is 2.11. The summed E-state index contributed by atoms with van der Waals surface area (Å²) in [5, 5.41) is 2.90. The molecule has 2 heterocycles. The second-order valence-electron chi connectivity index (χ2n) is 3.67. The van der Waals surface area contributed by atoms with Gasteiger partial charge in [0.05, 0.1) is 19.3 Å². The van der Waals surface area contributed by atoms with E-state index in [0.29, 0.717) is 5.82 Å². The van der Waals surface area contributed by atoms with Crippen molar-refractivity contribution in [3.63, 3.8) is 0 Å². The summed E-state index contributed by atoms with van der Waals surface area (Å²) >= 11 is 0. The summed E-state index contributed by atoms with van der Waals surface area (Å²) in [5.41, 5.74) is 0.278. The Labute approximate surface area is 104 Å². The van der Waals surface area contributed by atoms with Crippen LogP contribution in [-0.2, 0) is 9.53 Å². The molecular formula is C11H13N3O4. The van der Waals surface area contributed by atoms with Gasteiger partial charge in [0.2, 0.25) is 0 Å². The van der Waals surface area contributed by atoms with Crippen LogP contribution in [0.1, 0.15) is 17.3 Å². The maximum Gasteiger partial charge on any atom is 0.318 e. The summed E-state index contributed by atoms with van der Waals surface area (Å²) in [6.45, 7) is 2.11. The molecule has 96 valence electrons. The van der Waals surface area contributed by atoms with Crippen LogP contribution in [0.25, 0.3) is 0 Å². The molecule has 0 fully saturated rings. The highest BCUT2D eigenvalue weighted by Gasteiger charge is 2.35. The van der Waals surface area contributed by atoms with Crippen LogP contribution in [0, 0.1) is 5.92 Å². The van der Waals surface area contributed by atoms with Crippen LogP contribution in [0.2, 0.25) is 0 Å². The third-order valence-electron chi connectivity index (χ3n) is 2.58. The summed E-state index contributed by atoms with van der Waals surface area (Å²) in [6.07, 6.45) is 1.35. The first-order valence-corrected chi connectivity index (χ1v) is 5.53. The Balaban J connectivity index is 2.26. The van der Waals surface area contributed by atoms with Gasteiger partial charge in [0.25, 0.3) is 0 Å². The molecule has 1 aromatic heterocycles. The van der Waals surface area contributed by atoms with Gasteiger partial charge in [-0.15, -0.1) is 0 Å². The van der Waals surface area contributed by atoms with E-state index in [9.17, 15) is 9.59 Å². The number of Topliss-reactive ketones (excluding diaryl/α,β-unsaturated/α-hetero) is 1. The molecule has 7 nitrogen and oxygen atoms in total. The Morgan fingerprint density at radius 3 is 3.06 bits per heavy atom. The fraction of sp³-hybridized carbons (Fsp3) is 0.455. The number of hydrogen-bond acceptors (Lipinski definition) is 7. The quantitative estimate of drug-likeness (QED) is 0.609. The molecule has 0 aromatic carbocycles. The van der Waals surface area contributed by atoms with Gasteiger partial charge in [-0.05, 0) is 6.92 Å². The number of hydrogen-bond donors (Lipinski definition) is 1. The van der Waals surface area contributed by atoms with Gasteiger partial charge < -0.3 is 14.8 Å². The summed E-state index contributed by atoms with van der Waals surface area (Å²) < 4.78 is 9.71. The zero-order valence-corrected chi connectivity index (χ0v) is 10.1. The van der Waals surface area contributed by atoms with Gasteiger partial charge in [-0.1, -0.05) is 0 Å². The molecule has 0 aliphatic carbocycles. The molecule has 1 N–H and O–H groups in total. The van der Waals surface area contributed by atoms with Crippen molar-refractivity contribution in [2.24, 2.45) is 5.92 Å². The molecule has 1 aliphatic rings. The zero-order valence-electron chi connectivity index (χ0n) is 10.1. The lowest BCUT2D eigenvalue weighted by atomic mass is 9.95. The number of methoxy groups -OCH3 is 1. The van der Waals surface area contributed by atoms with Crippen LogP contribution in [0.3, 0.4) is 0 Å². The SMILES string of the molecule is CCOC(=O)C1CNc2nc(OC)ncc2C1=O. The summed E-state index contributed by atoms with van der Waals surface area (Å²) in [7, 11) is 1.44. The predicted octanol–water partition coefficient (Wildman–Crippen LogP) is 0.273. The molecule has 0 radical (unpaired) electrons. The smallest absolute Gasteiger partial charge is 0.318 e. The molecule has 0 spiro atoms. The molecule has 18 heavy (non-hydrogen) atoms. The number of esters is 1. The average molecular weight is 251 g/mol. The molecule has 1 atom stereocenters. The number of carbonyl (C=O) groups is 2. The first-order chi connectivity index (χ1) is 8.67. The number of nitrogens with one attached hydrogen (secondary N) is 1. The Kier molecular flexibility index (Phi) is 3.40. The number of fused-ring (bicyclic) bond motifs is 1. The number of carbonyl (C=O) groups excluding carboxylic acids is 2. The third-order valence-corrected chi connectivity index (χ3v) is 2.58. The van der Waals surface area contributed by atoms with Crippen LogP contribution in [-0.4, -0.2) is 42.0 Å². The summed E-state index contributed by atoms with van der Waals surface area (Å²) in [5.74, 6) is -1.32. The van der Waals surface area contributed by atoms with Crippen LogP contribution < -0.4 is 10.1 Å². The topological polar surface area (TPSA) is 90.4 Å². The van der Waals surface area contributed by atoms with E-state index in [0.717, 1.165) is 0 Å². The largest absolute Gasteiger partial charge is 0.467 e. The predicted molar refractivity (Wildman–Crippen MR) is 61.5 cm³/mol. The standard InChI is InChI=1S/C11H13N3O4/c1-3-18-10(16)7-5-12-9-6(8(7)15)4-13-11(14-9)17-2/h4,7H,3,5H2,1-2H3,(H,12,13,14). The lowest BCUT2D eigenvalue weighted by Gasteiger charge is -2.22. The lowest BCUT2D eigenvalue weighted by molar-refractivity contribution is -0.145. The number of ether oxygens (including phenoxy) is 2. The first kappa shape index (κ1) is 12.3. The van der Waals surface area contributed by atoms with E-state index in [1.165, 1.54) is 13.3 Å². The van der Waals surface area contributed by atoms with Gasteiger partial charge in [-0.25, -0.2) is 4.98 Å². The molecule has 1 unspecified atom stereocenters. The van der Waals surface area contributed by atoms with E-state index in [1.807, 2.05) is 0 Å². The van der Waals surface area contributed by atoms with E-state index >= 15 is 0 Å². The second kappa shape index (κ2) is 4.99. The minimum Gasteiger partial charge on any atom is -0.467 e. The van der Waals surface area contributed by atoms with Crippen molar-refractivity contribution in [2.45, 2.75) is 6.92 Å². The molecule has 7 heteroatoms. The number of nitrogens with zero attached hydrogens (tertiary/aromatic N) is 2. The fourth-order valence-corrected chi connectivity index (χ4v) is 1.69. The molecule has 1 aromatic rings. The van der Waals surface area contributed by atoms with E-state index < -0.39 is 11.9 Å². The van der Waals surface area contributed by atoms with Crippen molar-refractivity contribution >= 4 is 17.6 Å². The molecular weight excluding hydrogens is 238 g/mol. The van der Waals surface area contributed by atoms with Crippen LogP contribution >= 0.6 is 0 Å². The van der Waals surface area contributed by atoms with Crippen molar-refractivity contribution in [1.29, 1.82) is 0 Å². The van der Waals surface area contributed by atoms with Gasteiger partial charge in [-0.2, -0.15) is 4.98 Å². The maximum atomic E-state index is 12.1. The highest BCUT2D eigenvalue weighted by atomic mass is 16.5. The van der Waals surface area contributed by atoms with Crippen molar-refractivity contribution in [1.82, 2.24) is 9.97 Å². The van der Waals surface area contributed by atoms with Gasteiger partial charge in [0, 0.05) is 12.7 Å². The first-order valence-electron chi connectivity index (χ1n) is 5.53. The van der Waals surface area contributed by atoms with Gasteiger partial charge in [0.15, 0.2) is 5.78 Å². The lowest BCUT2D eigenvalue weighted by Crippen LogP contribution is -2.37. The van der Waals surface area contributed by atoms with Crippen molar-refractivity contribution < 1.29 is 19.1 Å². The Hall–Kier alpha value is -2.18. The molecule has 0 saturated carbocycles. The minimum atomic E-state index is -0.838. The maximum absolute atomic E-state index is 12.1. The highest BCUT2D eigenvalue weighted by molar-refractivity contribution is 6.12. The summed E-state index contributed by atoms with van der Waals surface area (Å²) in [6, 6.07) is 0.170. The second-order valence-corrected chi connectivity index (χ2v) is 3.67. The normalized spacial score (nSPS) is 17.7. The van der Waals surface area contributed by atoms with Gasteiger partial charge in [0.1, 0.15) is 11.7 Å². The van der Waals surface area contributed by atoms with E-state index in [-0.39, 0.29) is 30.5 Å². The van der Waals surface area contributed by atoms with E-state index in [1.54, 1.807) is 6.92 Å². The van der Waals surface area contributed by atoms with Gasteiger partial charge in [-0.3, -0.25) is 9.59 Å². The van der Waals surface area contributed by atoms with E-state index in [4.69, 9.17) is 9.47 Å². The van der Waals surface area contributed by atoms with Crippen molar-refractivity contribution in [3.8, 4) is 6.01 Å². The Morgan fingerprint density at radius 1 is 1.61 bits per heavy atom. The van der Waals surface area contributed by atoms with Crippen molar-refractivity contribution in [2.75, 3.05) is 25.6 Å². The molecule has 0 amide bonds. The number of rotatable bonds is 3.